The highest BCUT2D eigenvalue weighted by molar-refractivity contribution is 5.08. The third kappa shape index (κ3) is 6.22. The van der Waals surface area contributed by atoms with Gasteiger partial charge < -0.3 is 4.74 Å². The third-order valence-corrected chi connectivity index (χ3v) is 2.85. The first-order valence-electron chi connectivity index (χ1n) is 6.03. The molecule has 0 N–H and O–H groups in total. The Morgan fingerprint density at radius 3 is 2.65 bits per heavy atom. The molecule has 4 nitrogen and oxygen atoms in total. The van der Waals surface area contributed by atoms with Gasteiger partial charge in [-0.15, -0.1) is 6.58 Å². The predicted octanol–water partition coefficient (Wildman–Crippen LogP) is 3.71. The van der Waals surface area contributed by atoms with Crippen LogP contribution in [-0.2, 0) is 4.74 Å². The summed E-state index contributed by atoms with van der Waals surface area (Å²) in [6, 6.07) is 0. The Labute approximate surface area is 104 Å². The van der Waals surface area contributed by atoms with Crippen LogP contribution in [-0.4, -0.2) is 18.1 Å². The van der Waals surface area contributed by atoms with Gasteiger partial charge in [-0.2, -0.15) is 0 Å². The molecule has 0 aliphatic carbocycles. The topological polar surface area (TPSA) is 52.4 Å². The average Bonchev–Trinajstić information content (AvgIpc) is 2.32. The summed E-state index contributed by atoms with van der Waals surface area (Å²) in [7, 11) is 1.66. The molecule has 0 saturated heterocycles. The fourth-order valence-electron chi connectivity index (χ4n) is 1.74. The maximum Gasteiger partial charge on any atom is 0.242 e. The molecular formula is C13H23NO3. The molecule has 0 aliphatic rings. The molecule has 1 atom stereocenters. The monoisotopic (exact) mass is 241 g/mol. The number of nitrogens with zero attached hydrogens (tertiary/aromatic N) is 1. The highest BCUT2D eigenvalue weighted by atomic mass is 16.6. The second kappa shape index (κ2) is 8.93. The van der Waals surface area contributed by atoms with Crippen molar-refractivity contribution >= 4 is 0 Å². The number of methoxy groups -OCH3 is 1. The molecule has 0 aromatic rings. The van der Waals surface area contributed by atoms with Gasteiger partial charge in [0.15, 0.2) is 0 Å². The van der Waals surface area contributed by atoms with E-state index in [1.54, 1.807) is 20.1 Å². The molecule has 0 spiro atoms. The van der Waals surface area contributed by atoms with Gasteiger partial charge in [0, 0.05) is 26.0 Å². The van der Waals surface area contributed by atoms with Gasteiger partial charge in [-0.3, -0.25) is 10.1 Å². The third-order valence-electron chi connectivity index (χ3n) is 2.85. The summed E-state index contributed by atoms with van der Waals surface area (Å²) in [6.07, 6.45) is 5.92. The largest absolute Gasteiger partial charge is 0.381 e. The minimum Gasteiger partial charge on any atom is -0.381 e. The molecule has 0 aliphatic heterocycles. The minimum absolute atomic E-state index is 0.0784. The molecule has 0 fully saturated rings. The Balaban J connectivity index is 4.73. The van der Waals surface area contributed by atoms with Gasteiger partial charge in [0.25, 0.3) is 0 Å². The molecule has 4 heteroatoms. The van der Waals surface area contributed by atoms with Crippen LogP contribution in [0.3, 0.4) is 0 Å². The van der Waals surface area contributed by atoms with Crippen molar-refractivity contribution < 1.29 is 9.66 Å². The van der Waals surface area contributed by atoms with Crippen molar-refractivity contribution in [3.63, 3.8) is 0 Å². The fraction of sp³-hybridized carbons (Fsp3) is 0.692. The number of nitro groups is 1. The molecule has 0 radical (unpaired) electrons. The molecule has 0 amide bonds. The fourth-order valence-corrected chi connectivity index (χ4v) is 1.74. The lowest BCUT2D eigenvalue weighted by Crippen LogP contribution is -2.13. The van der Waals surface area contributed by atoms with E-state index in [0.29, 0.717) is 12.8 Å². The summed E-state index contributed by atoms with van der Waals surface area (Å²) in [6.45, 7) is 7.30. The Hall–Kier alpha value is -1.16. The zero-order chi connectivity index (χ0) is 13.3. The smallest absolute Gasteiger partial charge is 0.242 e. The van der Waals surface area contributed by atoms with Gasteiger partial charge in [-0.05, 0) is 19.3 Å². The molecule has 1 unspecified atom stereocenters. The minimum atomic E-state index is -0.308. The van der Waals surface area contributed by atoms with Gasteiger partial charge >= 0.3 is 0 Å². The number of hydrogen-bond donors (Lipinski definition) is 0. The van der Waals surface area contributed by atoms with Crippen LogP contribution in [0.25, 0.3) is 0 Å². The van der Waals surface area contributed by atoms with Crippen molar-refractivity contribution in [1.82, 2.24) is 0 Å². The summed E-state index contributed by atoms with van der Waals surface area (Å²) in [5.74, 6) is 0. The van der Waals surface area contributed by atoms with E-state index < -0.39 is 0 Å². The Bertz CT molecular complexity index is 284. The zero-order valence-electron chi connectivity index (χ0n) is 11.1. The second-order valence-electron chi connectivity index (χ2n) is 4.12. The van der Waals surface area contributed by atoms with Crippen molar-refractivity contribution in [3.05, 3.63) is 34.0 Å². The number of allylic oxidation sites excluding steroid dienone is 2. The van der Waals surface area contributed by atoms with Crippen molar-refractivity contribution in [3.8, 4) is 0 Å². The highest BCUT2D eigenvalue weighted by Gasteiger charge is 2.17. The van der Waals surface area contributed by atoms with Crippen molar-refractivity contribution in [2.24, 2.45) is 0 Å². The van der Waals surface area contributed by atoms with Crippen molar-refractivity contribution in [1.29, 1.82) is 0 Å². The molecular weight excluding hydrogens is 218 g/mol. The summed E-state index contributed by atoms with van der Waals surface area (Å²) in [5.41, 5.74) is 1.13. The van der Waals surface area contributed by atoms with Crippen LogP contribution in [0.1, 0.15) is 46.0 Å². The molecule has 0 aromatic heterocycles. The molecule has 17 heavy (non-hydrogen) atoms. The average molecular weight is 241 g/mol. The van der Waals surface area contributed by atoms with Gasteiger partial charge in [0.05, 0.1) is 11.0 Å². The first-order chi connectivity index (χ1) is 8.06. The van der Waals surface area contributed by atoms with E-state index in [0.717, 1.165) is 24.8 Å². The maximum atomic E-state index is 10.8. The van der Waals surface area contributed by atoms with Gasteiger partial charge in [-0.25, -0.2) is 0 Å². The van der Waals surface area contributed by atoms with E-state index in [4.69, 9.17) is 4.74 Å². The van der Waals surface area contributed by atoms with Crippen LogP contribution < -0.4 is 0 Å². The second-order valence-corrected chi connectivity index (χ2v) is 4.12. The number of hydrogen-bond acceptors (Lipinski definition) is 3. The van der Waals surface area contributed by atoms with E-state index in [-0.39, 0.29) is 16.7 Å². The van der Waals surface area contributed by atoms with Crippen molar-refractivity contribution in [2.75, 3.05) is 7.11 Å². The lowest BCUT2D eigenvalue weighted by atomic mass is 9.99. The van der Waals surface area contributed by atoms with Gasteiger partial charge in [0.1, 0.15) is 0 Å². The van der Waals surface area contributed by atoms with Crippen LogP contribution >= 0.6 is 0 Å². The normalized spacial score (nSPS) is 14.1. The molecule has 0 saturated carbocycles. The number of ether oxygens (including phenoxy) is 1. The zero-order valence-corrected chi connectivity index (χ0v) is 11.1. The maximum absolute atomic E-state index is 10.8. The molecule has 0 rings (SSSR count). The van der Waals surface area contributed by atoms with Gasteiger partial charge in [-0.1, -0.05) is 19.4 Å². The number of rotatable bonds is 9. The first-order valence-corrected chi connectivity index (χ1v) is 6.03. The molecule has 0 bridgehead atoms. The predicted molar refractivity (Wildman–Crippen MR) is 69.4 cm³/mol. The summed E-state index contributed by atoms with van der Waals surface area (Å²) < 4.78 is 5.35. The first kappa shape index (κ1) is 15.8. The Kier molecular flexibility index (Phi) is 8.32. The van der Waals surface area contributed by atoms with E-state index >= 15 is 0 Å². The highest BCUT2D eigenvalue weighted by Crippen LogP contribution is 2.21. The van der Waals surface area contributed by atoms with Crippen LogP contribution in [0.15, 0.2) is 23.9 Å². The molecule has 98 valence electrons. The van der Waals surface area contributed by atoms with Crippen LogP contribution in [0.4, 0.5) is 0 Å². The lowest BCUT2D eigenvalue weighted by Gasteiger charge is -2.16. The van der Waals surface area contributed by atoms with E-state index in [1.165, 1.54) is 0 Å². The Morgan fingerprint density at radius 1 is 1.59 bits per heavy atom. The Morgan fingerprint density at radius 2 is 2.24 bits per heavy atom. The summed E-state index contributed by atoms with van der Waals surface area (Å²) in [4.78, 5) is 10.5. The van der Waals surface area contributed by atoms with Gasteiger partial charge in [0.2, 0.25) is 5.70 Å². The molecule has 0 aromatic carbocycles. The van der Waals surface area contributed by atoms with E-state index in [1.807, 2.05) is 0 Å². The van der Waals surface area contributed by atoms with Crippen LogP contribution in [0, 0.1) is 10.1 Å². The lowest BCUT2D eigenvalue weighted by molar-refractivity contribution is -0.426. The quantitative estimate of drug-likeness (QED) is 0.351. The van der Waals surface area contributed by atoms with E-state index in [9.17, 15) is 10.1 Å². The summed E-state index contributed by atoms with van der Waals surface area (Å²) >= 11 is 0. The summed E-state index contributed by atoms with van der Waals surface area (Å²) in [5, 5.41) is 10.8. The van der Waals surface area contributed by atoms with Crippen LogP contribution in [0.5, 0.6) is 0 Å². The standard InChI is InChI=1S/C13H23NO3/c1-5-7-9-12(11(3)14(15)16)10-13(17-4)8-6-2/h5,13H,1,6-10H2,2-4H3/b12-11+. The SMILES string of the molecule is C=CCC/C(CC(CCC)OC)=C(/C)[N+](=O)[O-]. The van der Waals surface area contributed by atoms with E-state index in [2.05, 4.69) is 13.5 Å². The van der Waals surface area contributed by atoms with Crippen molar-refractivity contribution in [2.45, 2.75) is 52.1 Å². The molecule has 0 heterocycles. The van der Waals surface area contributed by atoms with Crippen LogP contribution in [0.2, 0.25) is 0 Å².